The number of unbranched alkanes of at least 4 members (excludes halogenated alkanes) is 2. The number of aryl methyl sites for hydroxylation is 1. The summed E-state index contributed by atoms with van der Waals surface area (Å²) < 4.78 is 53.7. The van der Waals surface area contributed by atoms with Crippen molar-refractivity contribution < 1.29 is 22.6 Å². The van der Waals surface area contributed by atoms with Gasteiger partial charge in [0, 0.05) is 11.6 Å². The third-order valence-electron chi connectivity index (χ3n) is 5.55. The molecule has 0 bridgehead atoms. The van der Waals surface area contributed by atoms with Crippen molar-refractivity contribution in [3.63, 3.8) is 0 Å². The predicted octanol–water partition coefficient (Wildman–Crippen LogP) is 7.24. The van der Waals surface area contributed by atoms with E-state index in [1.807, 2.05) is 6.08 Å². The highest BCUT2D eigenvalue weighted by Gasteiger charge is 2.21. The molecule has 2 aromatic rings. The van der Waals surface area contributed by atoms with Crippen LogP contribution in [-0.4, -0.2) is 13.2 Å². The lowest BCUT2D eigenvalue weighted by atomic mass is 9.87. The van der Waals surface area contributed by atoms with Gasteiger partial charge in [0.1, 0.15) is 11.6 Å². The lowest BCUT2D eigenvalue weighted by Gasteiger charge is -2.23. The van der Waals surface area contributed by atoms with Gasteiger partial charge < -0.3 is 9.47 Å². The number of hydrogen-bond donors (Lipinski definition) is 0. The van der Waals surface area contributed by atoms with Gasteiger partial charge in [-0.2, -0.15) is 4.39 Å². The SMILES string of the molecule is CCCCCOc1ccc(C2=CCC(COc3ccc(C)c(F)c3)CC2)c(F)c1F. The lowest BCUT2D eigenvalue weighted by Crippen LogP contribution is -2.15. The Morgan fingerprint density at radius 3 is 2.53 bits per heavy atom. The molecular weight excluding hydrogens is 389 g/mol. The first-order valence-electron chi connectivity index (χ1n) is 10.7. The Hall–Kier alpha value is -2.43. The lowest BCUT2D eigenvalue weighted by molar-refractivity contribution is 0.239. The molecule has 162 valence electrons. The molecule has 1 aliphatic carbocycles. The molecule has 2 aromatic carbocycles. The Balaban J connectivity index is 1.57. The van der Waals surface area contributed by atoms with Crippen molar-refractivity contribution in [2.75, 3.05) is 13.2 Å². The van der Waals surface area contributed by atoms with Crippen molar-refractivity contribution in [2.24, 2.45) is 5.92 Å². The van der Waals surface area contributed by atoms with Crippen molar-refractivity contribution in [1.82, 2.24) is 0 Å². The van der Waals surface area contributed by atoms with Crippen LogP contribution in [-0.2, 0) is 0 Å². The highest BCUT2D eigenvalue weighted by molar-refractivity contribution is 5.67. The first-order chi connectivity index (χ1) is 14.5. The van der Waals surface area contributed by atoms with E-state index in [9.17, 15) is 13.2 Å². The summed E-state index contributed by atoms with van der Waals surface area (Å²) in [5.74, 6) is -1.31. The molecule has 1 atom stereocenters. The molecule has 0 aromatic heterocycles. The molecule has 0 aliphatic heterocycles. The average molecular weight is 418 g/mol. The molecule has 0 saturated carbocycles. The second-order valence-corrected chi connectivity index (χ2v) is 7.89. The van der Waals surface area contributed by atoms with Crippen LogP contribution < -0.4 is 9.47 Å². The first-order valence-corrected chi connectivity index (χ1v) is 10.7. The first kappa shape index (κ1) is 22.3. The highest BCUT2D eigenvalue weighted by Crippen LogP contribution is 2.34. The summed E-state index contributed by atoms with van der Waals surface area (Å²) in [6.45, 7) is 4.64. The minimum Gasteiger partial charge on any atom is -0.493 e. The summed E-state index contributed by atoms with van der Waals surface area (Å²) in [5, 5.41) is 0. The van der Waals surface area contributed by atoms with E-state index in [0.29, 0.717) is 42.9 Å². The third-order valence-corrected chi connectivity index (χ3v) is 5.55. The average Bonchev–Trinajstić information content (AvgIpc) is 2.75. The molecule has 2 nitrogen and oxygen atoms in total. The van der Waals surface area contributed by atoms with Crippen molar-refractivity contribution >= 4 is 5.57 Å². The molecule has 0 spiro atoms. The number of halogens is 3. The van der Waals surface area contributed by atoms with Crippen molar-refractivity contribution in [1.29, 1.82) is 0 Å². The molecule has 0 fully saturated rings. The topological polar surface area (TPSA) is 18.5 Å². The second kappa shape index (κ2) is 10.6. The normalized spacial score (nSPS) is 16.3. The molecule has 1 unspecified atom stereocenters. The molecule has 0 saturated heterocycles. The summed E-state index contributed by atoms with van der Waals surface area (Å²) in [4.78, 5) is 0. The van der Waals surface area contributed by atoms with Crippen LogP contribution in [0.25, 0.3) is 5.57 Å². The van der Waals surface area contributed by atoms with Crippen molar-refractivity contribution in [3.05, 3.63) is 65.0 Å². The van der Waals surface area contributed by atoms with Crippen LogP contribution in [0.5, 0.6) is 11.5 Å². The minimum atomic E-state index is -0.920. The number of allylic oxidation sites excluding steroid dienone is 2. The summed E-state index contributed by atoms with van der Waals surface area (Å²) in [6.07, 6.45) is 6.97. The number of hydrogen-bond acceptors (Lipinski definition) is 2. The number of benzene rings is 2. The quantitative estimate of drug-likeness (QED) is 0.400. The molecule has 0 amide bonds. The summed E-state index contributed by atoms with van der Waals surface area (Å²) in [6, 6.07) is 7.96. The summed E-state index contributed by atoms with van der Waals surface area (Å²) in [7, 11) is 0. The number of rotatable bonds is 9. The van der Waals surface area contributed by atoms with Gasteiger partial charge in [0.25, 0.3) is 0 Å². The molecule has 0 radical (unpaired) electrons. The summed E-state index contributed by atoms with van der Waals surface area (Å²) >= 11 is 0. The Bertz CT molecular complexity index is 892. The third kappa shape index (κ3) is 5.59. The fourth-order valence-electron chi connectivity index (χ4n) is 3.59. The van der Waals surface area contributed by atoms with E-state index < -0.39 is 11.6 Å². The Morgan fingerprint density at radius 2 is 1.83 bits per heavy atom. The van der Waals surface area contributed by atoms with Gasteiger partial charge in [0.2, 0.25) is 5.82 Å². The zero-order valence-electron chi connectivity index (χ0n) is 17.6. The molecule has 0 N–H and O–H groups in total. The maximum Gasteiger partial charge on any atom is 0.201 e. The largest absolute Gasteiger partial charge is 0.493 e. The van der Waals surface area contributed by atoms with Gasteiger partial charge in [0.05, 0.1) is 13.2 Å². The van der Waals surface area contributed by atoms with Crippen LogP contribution in [0.2, 0.25) is 0 Å². The predicted molar refractivity (Wildman–Crippen MR) is 113 cm³/mol. The van der Waals surface area contributed by atoms with Crippen LogP contribution in [0.4, 0.5) is 13.2 Å². The van der Waals surface area contributed by atoms with E-state index in [-0.39, 0.29) is 17.5 Å². The molecular formula is C25H29F3O2. The monoisotopic (exact) mass is 418 g/mol. The maximum atomic E-state index is 14.6. The van der Waals surface area contributed by atoms with E-state index in [2.05, 4.69) is 6.92 Å². The van der Waals surface area contributed by atoms with Gasteiger partial charge in [-0.15, -0.1) is 0 Å². The fraction of sp³-hybridized carbons (Fsp3) is 0.440. The van der Waals surface area contributed by atoms with Gasteiger partial charge >= 0.3 is 0 Å². The van der Waals surface area contributed by atoms with Gasteiger partial charge in [-0.1, -0.05) is 31.9 Å². The standard InChI is InChI=1S/C25H29F3O2/c1-3-4-5-14-29-23-13-12-21(24(27)25(23)28)19-9-7-18(8-10-19)16-30-20-11-6-17(2)22(26)15-20/h6,9,11-13,15,18H,3-5,7-8,10,14,16H2,1-2H3. The minimum absolute atomic E-state index is 0.0274. The van der Waals surface area contributed by atoms with E-state index in [1.165, 1.54) is 12.1 Å². The van der Waals surface area contributed by atoms with E-state index in [4.69, 9.17) is 9.47 Å². The molecule has 5 heteroatoms. The molecule has 1 aliphatic rings. The summed E-state index contributed by atoms with van der Waals surface area (Å²) in [5.41, 5.74) is 1.69. The van der Waals surface area contributed by atoms with Gasteiger partial charge in [0.15, 0.2) is 11.6 Å². The van der Waals surface area contributed by atoms with Gasteiger partial charge in [-0.3, -0.25) is 0 Å². The Kier molecular flexibility index (Phi) is 7.83. The Labute approximate surface area is 176 Å². The zero-order valence-corrected chi connectivity index (χ0v) is 17.6. The van der Waals surface area contributed by atoms with Crippen LogP contribution in [0.3, 0.4) is 0 Å². The smallest absolute Gasteiger partial charge is 0.201 e. The van der Waals surface area contributed by atoms with Crippen LogP contribution >= 0.6 is 0 Å². The van der Waals surface area contributed by atoms with Crippen LogP contribution in [0, 0.1) is 30.3 Å². The molecule has 0 heterocycles. The van der Waals surface area contributed by atoms with Gasteiger partial charge in [-0.25, -0.2) is 8.78 Å². The Morgan fingerprint density at radius 1 is 1.00 bits per heavy atom. The second-order valence-electron chi connectivity index (χ2n) is 7.89. The van der Waals surface area contributed by atoms with E-state index >= 15 is 0 Å². The van der Waals surface area contributed by atoms with Crippen LogP contribution in [0.1, 0.15) is 56.6 Å². The zero-order chi connectivity index (χ0) is 21.5. The highest BCUT2D eigenvalue weighted by atomic mass is 19.2. The fourth-order valence-corrected chi connectivity index (χ4v) is 3.59. The van der Waals surface area contributed by atoms with E-state index in [0.717, 1.165) is 31.3 Å². The van der Waals surface area contributed by atoms with Crippen LogP contribution in [0.15, 0.2) is 36.4 Å². The number of ether oxygens (including phenoxy) is 2. The maximum absolute atomic E-state index is 14.6. The van der Waals surface area contributed by atoms with Gasteiger partial charge in [-0.05, 0) is 67.9 Å². The molecule has 3 rings (SSSR count). The van der Waals surface area contributed by atoms with Crippen molar-refractivity contribution in [3.8, 4) is 11.5 Å². The van der Waals surface area contributed by atoms with E-state index in [1.54, 1.807) is 25.1 Å². The molecule has 30 heavy (non-hydrogen) atoms. The van der Waals surface area contributed by atoms with Crippen molar-refractivity contribution in [2.45, 2.75) is 52.4 Å².